The van der Waals surface area contributed by atoms with E-state index < -0.39 is 8.07 Å². The Kier molecular flexibility index (Phi) is 6.37. The zero-order valence-electron chi connectivity index (χ0n) is 29.5. The fraction of sp³-hybridized carbons (Fsp3) is 0.0417. The summed E-state index contributed by atoms with van der Waals surface area (Å²) in [6.45, 7) is 4.85. The highest BCUT2D eigenvalue weighted by Gasteiger charge is 2.41. The summed E-state index contributed by atoms with van der Waals surface area (Å²) in [7, 11) is -2.08. The van der Waals surface area contributed by atoms with Gasteiger partial charge in [0.05, 0.1) is 27.8 Å². The van der Waals surface area contributed by atoms with Gasteiger partial charge in [-0.2, -0.15) is 0 Å². The van der Waals surface area contributed by atoms with Crippen LogP contribution in [0.15, 0.2) is 170 Å². The molecule has 10 aromatic rings. The highest BCUT2D eigenvalue weighted by molar-refractivity contribution is 7.03. The first-order chi connectivity index (χ1) is 26.1. The van der Waals surface area contributed by atoms with Crippen molar-refractivity contribution < 1.29 is 0 Å². The maximum absolute atomic E-state index is 5.47. The molecule has 1 aliphatic rings. The van der Waals surface area contributed by atoms with Crippen molar-refractivity contribution in [3.8, 4) is 45.1 Å². The fourth-order valence-electron chi connectivity index (χ4n) is 8.82. The van der Waals surface area contributed by atoms with Crippen molar-refractivity contribution in [2.45, 2.75) is 13.1 Å². The highest BCUT2D eigenvalue weighted by atomic mass is 28.3. The Morgan fingerprint density at radius 1 is 0.434 bits per heavy atom. The molecule has 0 saturated heterocycles. The average Bonchev–Trinajstić information content (AvgIpc) is 3.80. The van der Waals surface area contributed by atoms with E-state index in [0.29, 0.717) is 0 Å². The number of rotatable bonds is 4. The Balaban J connectivity index is 1.16. The number of aromatic nitrogens is 4. The van der Waals surface area contributed by atoms with Gasteiger partial charge in [0.2, 0.25) is 0 Å². The van der Waals surface area contributed by atoms with E-state index in [1.807, 2.05) is 0 Å². The van der Waals surface area contributed by atoms with Gasteiger partial charge in [0.25, 0.3) is 0 Å². The lowest BCUT2D eigenvalue weighted by atomic mass is 10.0. The molecule has 0 amide bonds. The zero-order chi connectivity index (χ0) is 35.3. The van der Waals surface area contributed by atoms with Gasteiger partial charge < -0.3 is 9.13 Å². The first-order valence-corrected chi connectivity index (χ1v) is 21.3. The average molecular weight is 695 g/mol. The predicted molar refractivity (Wildman–Crippen MR) is 224 cm³/mol. The third kappa shape index (κ3) is 4.35. The largest absolute Gasteiger partial charge is 0.309 e. The molecule has 1 aliphatic heterocycles. The van der Waals surface area contributed by atoms with Gasteiger partial charge in [-0.15, -0.1) is 0 Å². The van der Waals surface area contributed by atoms with Gasteiger partial charge >= 0.3 is 0 Å². The minimum atomic E-state index is -2.08. The molecule has 0 spiro atoms. The minimum Gasteiger partial charge on any atom is -0.309 e. The molecule has 4 heterocycles. The molecular weight excluding hydrogens is 661 g/mol. The molecule has 0 radical (unpaired) electrons. The summed E-state index contributed by atoms with van der Waals surface area (Å²) in [5, 5.41) is 7.57. The van der Waals surface area contributed by atoms with Crippen LogP contribution in [0.3, 0.4) is 0 Å². The van der Waals surface area contributed by atoms with Gasteiger partial charge in [-0.1, -0.05) is 134 Å². The summed E-state index contributed by atoms with van der Waals surface area (Å²) in [5.74, 6) is 0.770. The Hall–Kier alpha value is -6.56. The van der Waals surface area contributed by atoms with Crippen LogP contribution in [0.2, 0.25) is 13.1 Å². The second-order valence-corrected chi connectivity index (χ2v) is 18.9. The molecule has 0 aliphatic carbocycles. The van der Waals surface area contributed by atoms with Crippen molar-refractivity contribution in [3.05, 3.63) is 170 Å². The first-order valence-electron chi connectivity index (χ1n) is 18.3. The first kappa shape index (κ1) is 30.1. The Bertz CT molecular complexity index is 3080. The zero-order valence-corrected chi connectivity index (χ0v) is 30.5. The van der Waals surface area contributed by atoms with Gasteiger partial charge in [0, 0.05) is 54.9 Å². The van der Waals surface area contributed by atoms with Gasteiger partial charge in [0.15, 0.2) is 5.82 Å². The van der Waals surface area contributed by atoms with Crippen LogP contribution >= 0.6 is 0 Å². The number of benzene rings is 7. The summed E-state index contributed by atoms with van der Waals surface area (Å²) in [6, 6.07) is 61.3. The molecule has 4 nitrogen and oxygen atoms in total. The van der Waals surface area contributed by atoms with E-state index in [2.05, 4.69) is 192 Å². The second kappa shape index (κ2) is 11.2. The van der Waals surface area contributed by atoms with Crippen molar-refractivity contribution in [1.82, 2.24) is 19.1 Å². The highest BCUT2D eigenvalue weighted by Crippen LogP contribution is 2.41. The Labute approximate surface area is 308 Å². The van der Waals surface area contributed by atoms with E-state index in [0.717, 1.165) is 34.0 Å². The van der Waals surface area contributed by atoms with Crippen LogP contribution in [-0.2, 0) is 0 Å². The number of nitrogens with zero attached hydrogens (tertiary/aromatic N) is 4. The number of para-hydroxylation sites is 3. The van der Waals surface area contributed by atoms with Crippen LogP contribution in [0.5, 0.6) is 0 Å². The van der Waals surface area contributed by atoms with Crippen LogP contribution in [0.25, 0.3) is 88.8 Å². The molecule has 3 aromatic heterocycles. The summed E-state index contributed by atoms with van der Waals surface area (Å²) >= 11 is 0. The second-order valence-electron chi connectivity index (χ2n) is 14.6. The molecule has 7 aromatic carbocycles. The summed E-state index contributed by atoms with van der Waals surface area (Å²) < 4.78 is 4.82. The van der Waals surface area contributed by atoms with Crippen molar-refractivity contribution in [3.63, 3.8) is 0 Å². The molecule has 0 atom stereocenters. The molecule has 11 rings (SSSR count). The normalized spacial score (nSPS) is 13.2. The lowest BCUT2D eigenvalue weighted by molar-refractivity contribution is 1.16. The van der Waals surface area contributed by atoms with Crippen LogP contribution < -0.4 is 10.5 Å². The molecule has 0 fully saturated rings. The molecule has 53 heavy (non-hydrogen) atoms. The lowest BCUT2D eigenvalue weighted by Gasteiger charge is -2.19. The lowest BCUT2D eigenvalue weighted by Crippen LogP contribution is -2.50. The third-order valence-electron chi connectivity index (χ3n) is 11.3. The fourth-order valence-corrected chi connectivity index (χ4v) is 11.7. The number of hydrogen-bond acceptors (Lipinski definition) is 2. The summed E-state index contributed by atoms with van der Waals surface area (Å²) in [5.41, 5.74) is 12.6. The standard InChI is InChI=1S/C48H34N4Si/c1-53(2)44-27-14-11-24-37(44)45-46(31-16-5-3-6-17-31)49-47(50-48(45)53)32-18-15-21-34(28-32)52-41-26-13-10-23-36(41)39-29-42-38(30-43(39)52)35-22-9-12-25-40(35)51(42)33-19-7-4-8-20-33/h3-30H,1-2H3. The van der Waals surface area contributed by atoms with Gasteiger partial charge in [-0.3, -0.25) is 0 Å². The van der Waals surface area contributed by atoms with E-state index in [9.17, 15) is 0 Å². The van der Waals surface area contributed by atoms with E-state index in [-0.39, 0.29) is 0 Å². The molecule has 250 valence electrons. The maximum atomic E-state index is 5.47. The van der Waals surface area contributed by atoms with Crippen LogP contribution in [0, 0.1) is 0 Å². The number of fused-ring (bicyclic) bond motifs is 9. The Morgan fingerprint density at radius 2 is 0.981 bits per heavy atom. The van der Waals surface area contributed by atoms with E-state index in [4.69, 9.17) is 9.97 Å². The predicted octanol–water partition coefficient (Wildman–Crippen LogP) is 10.8. The smallest absolute Gasteiger partial charge is 0.159 e. The Morgan fingerprint density at radius 3 is 1.68 bits per heavy atom. The summed E-state index contributed by atoms with van der Waals surface area (Å²) in [6.07, 6.45) is 0. The molecule has 0 bridgehead atoms. The third-order valence-corrected chi connectivity index (χ3v) is 14.6. The van der Waals surface area contributed by atoms with Gasteiger partial charge in [-0.05, 0) is 59.3 Å². The monoisotopic (exact) mass is 694 g/mol. The molecule has 5 heteroatoms. The molecule has 0 unspecified atom stereocenters. The van der Waals surface area contributed by atoms with Crippen molar-refractivity contribution in [1.29, 1.82) is 0 Å². The van der Waals surface area contributed by atoms with Crippen LogP contribution in [0.1, 0.15) is 0 Å². The SMILES string of the molecule is C[Si]1(C)c2ccccc2-c2c(-c3ccccc3)nc(-c3cccc(-n4c5ccccc5c5cc6c(cc54)c4ccccc4n6-c4ccccc4)c3)nc21. The van der Waals surface area contributed by atoms with Crippen molar-refractivity contribution >= 4 is 62.2 Å². The topological polar surface area (TPSA) is 35.6 Å². The van der Waals surface area contributed by atoms with Gasteiger partial charge in [-0.25, -0.2) is 9.97 Å². The van der Waals surface area contributed by atoms with E-state index in [1.54, 1.807) is 0 Å². The quantitative estimate of drug-likeness (QED) is 0.172. The molecule has 0 saturated carbocycles. The van der Waals surface area contributed by atoms with Gasteiger partial charge in [0.1, 0.15) is 8.07 Å². The summed E-state index contributed by atoms with van der Waals surface area (Å²) in [4.78, 5) is 10.9. The maximum Gasteiger partial charge on any atom is 0.159 e. The van der Waals surface area contributed by atoms with Crippen LogP contribution in [-0.4, -0.2) is 27.2 Å². The molecular formula is C48H34N4Si. The van der Waals surface area contributed by atoms with Crippen molar-refractivity contribution in [2.75, 3.05) is 0 Å². The minimum absolute atomic E-state index is 0.770. The van der Waals surface area contributed by atoms with E-state index >= 15 is 0 Å². The van der Waals surface area contributed by atoms with Crippen molar-refractivity contribution in [2.24, 2.45) is 0 Å². The van der Waals surface area contributed by atoms with E-state index in [1.165, 1.54) is 65.2 Å². The van der Waals surface area contributed by atoms with Crippen LogP contribution in [0.4, 0.5) is 0 Å². The number of hydrogen-bond donors (Lipinski definition) is 0. The molecule has 0 N–H and O–H groups in total.